The van der Waals surface area contributed by atoms with Gasteiger partial charge in [0.15, 0.2) is 0 Å². The Bertz CT molecular complexity index is 373. The Morgan fingerprint density at radius 2 is 2.07 bits per heavy atom. The van der Waals surface area contributed by atoms with Crippen molar-refractivity contribution in [3.05, 3.63) is 41.2 Å². The number of rotatable bonds is 3. The normalized spacial score (nSPS) is 16.5. The second-order valence-corrected chi connectivity index (χ2v) is 4.66. The number of hydrogen-bond donors (Lipinski definition) is 0. The van der Waals surface area contributed by atoms with E-state index >= 15 is 0 Å². The highest BCUT2D eigenvalue weighted by Gasteiger charge is 2.23. The summed E-state index contributed by atoms with van der Waals surface area (Å²) in [6.45, 7) is 4.19. The largest absolute Gasteiger partial charge is 0.206 e. The summed E-state index contributed by atoms with van der Waals surface area (Å²) >= 11 is 0. The number of halogens is 1. The van der Waals surface area contributed by atoms with Crippen molar-refractivity contribution in [2.75, 3.05) is 0 Å². The molecule has 1 aromatic carbocycles. The van der Waals surface area contributed by atoms with Crippen LogP contribution in [0.3, 0.4) is 0 Å². The first-order valence-corrected chi connectivity index (χ1v) is 5.64. The van der Waals surface area contributed by atoms with Gasteiger partial charge in [-0.05, 0) is 42.4 Å². The van der Waals surface area contributed by atoms with E-state index < -0.39 is 0 Å². The highest BCUT2D eigenvalue weighted by Crippen LogP contribution is 2.40. The van der Waals surface area contributed by atoms with Gasteiger partial charge >= 0.3 is 0 Å². The van der Waals surface area contributed by atoms with Gasteiger partial charge in [-0.2, -0.15) is 0 Å². The Balaban J connectivity index is 2.24. The van der Waals surface area contributed by atoms with Crippen LogP contribution in [0.15, 0.2) is 24.3 Å². The first kappa shape index (κ1) is 10.4. The standard InChI is InChI=1S/C14H17F/c1-10(2)3-4-13-9-12(11-5-6-11)7-8-14(13)15/h3-4,7-11H,5-6H2,1-2H3. The van der Waals surface area contributed by atoms with E-state index in [1.807, 2.05) is 24.3 Å². The number of benzene rings is 1. The van der Waals surface area contributed by atoms with E-state index in [-0.39, 0.29) is 5.82 Å². The first-order chi connectivity index (χ1) is 7.16. The average Bonchev–Trinajstić information content (AvgIpc) is 3.00. The van der Waals surface area contributed by atoms with Crippen LogP contribution in [-0.2, 0) is 0 Å². The molecule has 0 aliphatic heterocycles. The van der Waals surface area contributed by atoms with Crippen LogP contribution in [0.4, 0.5) is 4.39 Å². The fourth-order valence-corrected chi connectivity index (χ4v) is 1.66. The molecule has 0 bridgehead atoms. The van der Waals surface area contributed by atoms with Crippen LogP contribution in [0.5, 0.6) is 0 Å². The molecule has 1 aliphatic rings. The van der Waals surface area contributed by atoms with Crippen molar-refractivity contribution in [2.24, 2.45) is 5.92 Å². The molecule has 0 nitrogen and oxygen atoms in total. The van der Waals surface area contributed by atoms with Crippen LogP contribution in [-0.4, -0.2) is 0 Å². The second-order valence-electron chi connectivity index (χ2n) is 4.66. The minimum Gasteiger partial charge on any atom is -0.206 e. The summed E-state index contributed by atoms with van der Waals surface area (Å²) in [5, 5.41) is 0. The monoisotopic (exact) mass is 204 g/mol. The van der Waals surface area contributed by atoms with Crippen molar-refractivity contribution >= 4 is 6.08 Å². The summed E-state index contributed by atoms with van der Waals surface area (Å²) in [6, 6.07) is 5.50. The molecule has 1 fully saturated rings. The molecule has 0 atom stereocenters. The third-order valence-electron chi connectivity index (χ3n) is 2.73. The average molecular weight is 204 g/mol. The fraction of sp³-hybridized carbons (Fsp3) is 0.429. The van der Waals surface area contributed by atoms with Crippen molar-refractivity contribution in [1.29, 1.82) is 0 Å². The van der Waals surface area contributed by atoms with E-state index in [1.165, 1.54) is 18.4 Å². The van der Waals surface area contributed by atoms with E-state index in [9.17, 15) is 4.39 Å². The van der Waals surface area contributed by atoms with Gasteiger partial charge in [-0.1, -0.05) is 32.1 Å². The molecule has 0 aromatic heterocycles. The van der Waals surface area contributed by atoms with Gasteiger partial charge in [-0.3, -0.25) is 0 Å². The molecule has 0 radical (unpaired) electrons. The molecule has 0 saturated heterocycles. The lowest BCUT2D eigenvalue weighted by Crippen LogP contribution is -1.87. The topological polar surface area (TPSA) is 0 Å². The zero-order valence-electron chi connectivity index (χ0n) is 9.33. The van der Waals surface area contributed by atoms with Gasteiger partial charge in [-0.15, -0.1) is 0 Å². The Morgan fingerprint density at radius 1 is 1.33 bits per heavy atom. The SMILES string of the molecule is CC(C)C=Cc1cc(C2CC2)ccc1F. The third kappa shape index (κ3) is 2.68. The molecule has 1 aliphatic carbocycles. The van der Waals surface area contributed by atoms with E-state index in [0.717, 1.165) is 5.56 Å². The molecule has 2 rings (SSSR count). The Labute approximate surface area is 90.8 Å². The highest BCUT2D eigenvalue weighted by molar-refractivity contribution is 5.52. The molecule has 0 heterocycles. The lowest BCUT2D eigenvalue weighted by atomic mass is 10.0. The molecule has 80 valence electrons. The van der Waals surface area contributed by atoms with E-state index in [4.69, 9.17) is 0 Å². The molecule has 0 spiro atoms. The van der Waals surface area contributed by atoms with Gasteiger partial charge in [0, 0.05) is 5.56 Å². The predicted molar refractivity (Wildman–Crippen MR) is 62.2 cm³/mol. The summed E-state index contributed by atoms with van der Waals surface area (Å²) in [7, 11) is 0. The van der Waals surface area contributed by atoms with Crippen LogP contribution >= 0.6 is 0 Å². The lowest BCUT2D eigenvalue weighted by Gasteiger charge is -2.02. The quantitative estimate of drug-likeness (QED) is 0.685. The maximum absolute atomic E-state index is 13.5. The zero-order valence-corrected chi connectivity index (χ0v) is 9.33. The molecule has 1 heteroatoms. The number of allylic oxidation sites excluding steroid dienone is 1. The molecule has 1 saturated carbocycles. The molecule has 0 amide bonds. The number of hydrogen-bond acceptors (Lipinski definition) is 0. The fourth-order valence-electron chi connectivity index (χ4n) is 1.66. The predicted octanol–water partition coefficient (Wildman–Crippen LogP) is 4.37. The van der Waals surface area contributed by atoms with E-state index in [0.29, 0.717) is 11.8 Å². The van der Waals surface area contributed by atoms with E-state index in [2.05, 4.69) is 13.8 Å². The minimum atomic E-state index is -0.115. The lowest BCUT2D eigenvalue weighted by molar-refractivity contribution is 0.624. The smallest absolute Gasteiger partial charge is 0.130 e. The van der Waals surface area contributed by atoms with Gasteiger partial charge in [0.2, 0.25) is 0 Å². The Hall–Kier alpha value is -1.11. The van der Waals surface area contributed by atoms with Crippen LogP contribution in [0.1, 0.15) is 43.7 Å². The van der Waals surface area contributed by atoms with Crippen molar-refractivity contribution < 1.29 is 4.39 Å². The van der Waals surface area contributed by atoms with Crippen molar-refractivity contribution in [1.82, 2.24) is 0 Å². The van der Waals surface area contributed by atoms with Crippen LogP contribution in [0.25, 0.3) is 6.08 Å². The van der Waals surface area contributed by atoms with Gasteiger partial charge < -0.3 is 0 Å². The molecule has 1 aromatic rings. The van der Waals surface area contributed by atoms with Crippen molar-refractivity contribution in [3.8, 4) is 0 Å². The Kier molecular flexibility index (Phi) is 2.90. The molecule has 0 unspecified atom stereocenters. The minimum absolute atomic E-state index is 0.115. The molecular weight excluding hydrogens is 187 g/mol. The highest BCUT2D eigenvalue weighted by atomic mass is 19.1. The zero-order chi connectivity index (χ0) is 10.8. The summed E-state index contributed by atoms with van der Waals surface area (Å²) in [6.07, 6.45) is 6.46. The van der Waals surface area contributed by atoms with Crippen molar-refractivity contribution in [2.45, 2.75) is 32.6 Å². The van der Waals surface area contributed by atoms with Gasteiger partial charge in [0.1, 0.15) is 5.82 Å². The van der Waals surface area contributed by atoms with Gasteiger partial charge in [0.05, 0.1) is 0 Å². The van der Waals surface area contributed by atoms with Gasteiger partial charge in [0.25, 0.3) is 0 Å². The van der Waals surface area contributed by atoms with Crippen LogP contribution < -0.4 is 0 Å². The van der Waals surface area contributed by atoms with Crippen molar-refractivity contribution in [3.63, 3.8) is 0 Å². The second kappa shape index (κ2) is 4.18. The first-order valence-electron chi connectivity index (χ1n) is 5.64. The maximum atomic E-state index is 13.5. The summed E-state index contributed by atoms with van der Waals surface area (Å²) in [4.78, 5) is 0. The maximum Gasteiger partial charge on any atom is 0.130 e. The Morgan fingerprint density at radius 3 is 2.67 bits per heavy atom. The van der Waals surface area contributed by atoms with Crippen LogP contribution in [0.2, 0.25) is 0 Å². The third-order valence-corrected chi connectivity index (χ3v) is 2.73. The molecule has 0 N–H and O–H groups in total. The summed E-state index contributed by atoms with van der Waals surface area (Å²) < 4.78 is 13.5. The van der Waals surface area contributed by atoms with Gasteiger partial charge in [-0.25, -0.2) is 4.39 Å². The summed E-state index contributed by atoms with van der Waals surface area (Å²) in [5.74, 6) is 1.04. The molecule has 15 heavy (non-hydrogen) atoms. The summed E-state index contributed by atoms with van der Waals surface area (Å²) in [5.41, 5.74) is 2.02. The van der Waals surface area contributed by atoms with Crippen LogP contribution in [0, 0.1) is 11.7 Å². The molecular formula is C14H17F. The van der Waals surface area contributed by atoms with E-state index in [1.54, 1.807) is 6.07 Å².